The molecule has 0 atom stereocenters. The zero-order valence-electron chi connectivity index (χ0n) is 11.0. The summed E-state index contributed by atoms with van der Waals surface area (Å²) in [6.45, 7) is 2.16. The first-order chi connectivity index (χ1) is 8.41. The lowest BCUT2D eigenvalue weighted by Crippen LogP contribution is -2.30. The summed E-state index contributed by atoms with van der Waals surface area (Å²) < 4.78 is 0. The summed E-state index contributed by atoms with van der Waals surface area (Å²) in [5.74, 6) is -0.191. The number of hydrogen-bond donors (Lipinski definition) is 2. The third-order valence-electron chi connectivity index (χ3n) is 2.62. The summed E-state index contributed by atoms with van der Waals surface area (Å²) in [4.78, 5) is 24.7. The molecular formula is C13H19N3O2. The largest absolute Gasteiger partial charge is 0.399 e. The van der Waals surface area contributed by atoms with Gasteiger partial charge in [0.05, 0.1) is 0 Å². The van der Waals surface area contributed by atoms with Crippen molar-refractivity contribution in [1.82, 2.24) is 10.2 Å². The molecule has 1 aromatic carbocycles. The maximum Gasteiger partial charge on any atom is 0.251 e. The van der Waals surface area contributed by atoms with Crippen molar-refractivity contribution >= 4 is 17.5 Å². The first-order valence-electron chi connectivity index (χ1n) is 5.76. The minimum atomic E-state index is -0.181. The van der Waals surface area contributed by atoms with Crippen molar-refractivity contribution in [2.45, 2.75) is 13.3 Å². The lowest BCUT2D eigenvalue weighted by molar-refractivity contribution is -0.128. The van der Waals surface area contributed by atoms with E-state index in [0.717, 1.165) is 5.56 Å². The zero-order valence-corrected chi connectivity index (χ0v) is 11.0. The van der Waals surface area contributed by atoms with E-state index in [1.165, 1.54) is 4.90 Å². The Bertz CT molecular complexity index is 456. The average Bonchev–Trinajstić information content (AvgIpc) is 2.28. The molecule has 98 valence electrons. The Morgan fingerprint density at radius 2 is 2.00 bits per heavy atom. The molecule has 5 heteroatoms. The number of nitrogen functional groups attached to an aromatic ring is 1. The molecule has 0 spiro atoms. The summed E-state index contributed by atoms with van der Waals surface area (Å²) in [6.07, 6.45) is 0.298. The molecule has 0 saturated heterocycles. The van der Waals surface area contributed by atoms with E-state index < -0.39 is 0 Å². The van der Waals surface area contributed by atoms with Crippen LogP contribution in [0.15, 0.2) is 18.2 Å². The van der Waals surface area contributed by atoms with E-state index in [4.69, 9.17) is 5.73 Å². The molecule has 0 heterocycles. The lowest BCUT2D eigenvalue weighted by Gasteiger charge is -2.11. The van der Waals surface area contributed by atoms with E-state index in [-0.39, 0.29) is 11.8 Å². The number of nitrogens with zero attached hydrogens (tertiary/aromatic N) is 1. The van der Waals surface area contributed by atoms with Gasteiger partial charge in [-0.15, -0.1) is 0 Å². The molecule has 2 amide bonds. The third kappa shape index (κ3) is 3.76. The quantitative estimate of drug-likeness (QED) is 0.774. The van der Waals surface area contributed by atoms with Crippen molar-refractivity contribution in [3.8, 4) is 0 Å². The molecule has 1 rings (SSSR count). The zero-order chi connectivity index (χ0) is 13.7. The van der Waals surface area contributed by atoms with Crippen LogP contribution in [0.4, 0.5) is 5.69 Å². The fourth-order valence-electron chi connectivity index (χ4n) is 1.54. The highest BCUT2D eigenvalue weighted by Gasteiger charge is 2.10. The number of nitrogens with two attached hydrogens (primary N) is 1. The fourth-order valence-corrected chi connectivity index (χ4v) is 1.54. The van der Waals surface area contributed by atoms with Crippen LogP contribution in [-0.4, -0.2) is 37.4 Å². The smallest absolute Gasteiger partial charge is 0.251 e. The molecule has 1 aromatic rings. The monoisotopic (exact) mass is 249 g/mol. The van der Waals surface area contributed by atoms with Gasteiger partial charge in [-0.3, -0.25) is 9.59 Å². The minimum Gasteiger partial charge on any atom is -0.399 e. The number of benzene rings is 1. The highest BCUT2D eigenvalue weighted by Crippen LogP contribution is 2.12. The van der Waals surface area contributed by atoms with Crippen molar-refractivity contribution in [1.29, 1.82) is 0 Å². The Morgan fingerprint density at radius 3 is 2.56 bits per heavy atom. The van der Waals surface area contributed by atoms with Crippen LogP contribution in [0, 0.1) is 6.92 Å². The minimum absolute atomic E-state index is 0.00988. The van der Waals surface area contributed by atoms with Gasteiger partial charge in [-0.2, -0.15) is 0 Å². The number of carbonyl (C=O) groups is 2. The molecule has 18 heavy (non-hydrogen) atoms. The molecule has 0 aliphatic carbocycles. The lowest BCUT2D eigenvalue weighted by atomic mass is 10.1. The summed E-state index contributed by atoms with van der Waals surface area (Å²) in [6, 6.07) is 5.13. The average molecular weight is 249 g/mol. The van der Waals surface area contributed by atoms with Crippen LogP contribution in [-0.2, 0) is 4.79 Å². The Labute approximate surface area is 107 Å². The van der Waals surface area contributed by atoms with Gasteiger partial charge in [0.1, 0.15) is 0 Å². The van der Waals surface area contributed by atoms with Crippen LogP contribution in [0.5, 0.6) is 0 Å². The van der Waals surface area contributed by atoms with E-state index in [9.17, 15) is 9.59 Å². The van der Waals surface area contributed by atoms with Gasteiger partial charge < -0.3 is 16.0 Å². The van der Waals surface area contributed by atoms with Gasteiger partial charge in [-0.1, -0.05) is 0 Å². The third-order valence-corrected chi connectivity index (χ3v) is 2.62. The van der Waals surface area contributed by atoms with Gasteiger partial charge in [0.2, 0.25) is 5.91 Å². The number of aryl methyl sites for hydroxylation is 1. The Morgan fingerprint density at radius 1 is 1.33 bits per heavy atom. The molecule has 0 aromatic heterocycles. The predicted octanol–water partition coefficient (Wildman–Crippen LogP) is 0.785. The Kier molecular flexibility index (Phi) is 4.71. The maximum absolute atomic E-state index is 11.9. The topological polar surface area (TPSA) is 75.4 Å². The molecule has 5 nitrogen and oxygen atoms in total. The standard InChI is InChI=1S/C13H19N3O2/c1-9-8-10(14)4-5-11(9)13(18)15-7-6-12(17)16(2)3/h4-5,8H,6-7,14H2,1-3H3,(H,15,18). The van der Waals surface area contributed by atoms with Gasteiger partial charge >= 0.3 is 0 Å². The summed E-state index contributed by atoms with van der Waals surface area (Å²) in [7, 11) is 3.38. The van der Waals surface area contributed by atoms with Gasteiger partial charge in [0, 0.05) is 38.3 Å². The highest BCUT2D eigenvalue weighted by molar-refractivity contribution is 5.96. The number of anilines is 1. The van der Waals surface area contributed by atoms with E-state index in [1.807, 2.05) is 6.92 Å². The van der Waals surface area contributed by atoms with E-state index in [2.05, 4.69) is 5.32 Å². The number of amides is 2. The molecule has 0 bridgehead atoms. The normalized spacial score (nSPS) is 9.94. The van der Waals surface area contributed by atoms with Crippen LogP contribution in [0.1, 0.15) is 22.3 Å². The highest BCUT2D eigenvalue weighted by atomic mass is 16.2. The molecule has 0 saturated carbocycles. The number of carbonyl (C=O) groups excluding carboxylic acids is 2. The van der Waals surface area contributed by atoms with Crippen LogP contribution >= 0.6 is 0 Å². The first kappa shape index (κ1) is 14.0. The van der Waals surface area contributed by atoms with Crippen molar-refractivity contribution in [2.75, 3.05) is 26.4 Å². The molecule has 0 radical (unpaired) electrons. The van der Waals surface area contributed by atoms with Gasteiger partial charge in [-0.25, -0.2) is 0 Å². The van der Waals surface area contributed by atoms with Crippen LogP contribution in [0.3, 0.4) is 0 Å². The number of hydrogen-bond acceptors (Lipinski definition) is 3. The SMILES string of the molecule is Cc1cc(N)ccc1C(=O)NCCC(=O)N(C)C. The second kappa shape index (κ2) is 6.05. The van der Waals surface area contributed by atoms with Crippen molar-refractivity contribution in [3.05, 3.63) is 29.3 Å². The second-order valence-corrected chi connectivity index (χ2v) is 4.37. The Hall–Kier alpha value is -2.04. The van der Waals surface area contributed by atoms with Crippen molar-refractivity contribution < 1.29 is 9.59 Å². The van der Waals surface area contributed by atoms with Gasteiger partial charge in [0.25, 0.3) is 5.91 Å². The van der Waals surface area contributed by atoms with E-state index in [0.29, 0.717) is 24.2 Å². The van der Waals surface area contributed by atoms with Crippen molar-refractivity contribution in [3.63, 3.8) is 0 Å². The van der Waals surface area contributed by atoms with Gasteiger partial charge in [-0.05, 0) is 30.7 Å². The summed E-state index contributed by atoms with van der Waals surface area (Å²) >= 11 is 0. The Balaban J connectivity index is 2.53. The molecule has 0 aliphatic rings. The van der Waals surface area contributed by atoms with Crippen LogP contribution < -0.4 is 11.1 Å². The van der Waals surface area contributed by atoms with Crippen molar-refractivity contribution in [2.24, 2.45) is 0 Å². The molecule has 3 N–H and O–H groups in total. The first-order valence-corrected chi connectivity index (χ1v) is 5.76. The molecular weight excluding hydrogens is 230 g/mol. The predicted molar refractivity (Wildman–Crippen MR) is 71.2 cm³/mol. The molecule has 0 fully saturated rings. The van der Waals surface area contributed by atoms with Gasteiger partial charge in [0.15, 0.2) is 0 Å². The fraction of sp³-hybridized carbons (Fsp3) is 0.385. The van der Waals surface area contributed by atoms with E-state index >= 15 is 0 Å². The number of rotatable bonds is 4. The summed E-state index contributed by atoms with van der Waals surface area (Å²) in [5.41, 5.74) is 7.66. The number of nitrogens with one attached hydrogen (secondary N) is 1. The molecule has 0 aliphatic heterocycles. The van der Waals surface area contributed by atoms with Crippen LogP contribution in [0.2, 0.25) is 0 Å². The van der Waals surface area contributed by atoms with Crippen LogP contribution in [0.25, 0.3) is 0 Å². The maximum atomic E-state index is 11.9. The second-order valence-electron chi connectivity index (χ2n) is 4.37. The molecule has 0 unspecified atom stereocenters. The van der Waals surface area contributed by atoms with E-state index in [1.54, 1.807) is 32.3 Å². The summed E-state index contributed by atoms with van der Waals surface area (Å²) in [5, 5.41) is 2.72.